The predicted molar refractivity (Wildman–Crippen MR) is 57.4 cm³/mol. The highest BCUT2D eigenvalue weighted by Gasteiger charge is 2.32. The minimum atomic E-state index is -0.402. The van der Waals surface area contributed by atoms with E-state index in [1.807, 2.05) is 7.05 Å². The third-order valence-electron chi connectivity index (χ3n) is 3.73. The maximum absolute atomic E-state index is 11.9. The van der Waals surface area contributed by atoms with Crippen molar-refractivity contribution in [2.24, 2.45) is 5.92 Å². The summed E-state index contributed by atoms with van der Waals surface area (Å²) in [5.74, 6) is 0.791. The summed E-state index contributed by atoms with van der Waals surface area (Å²) in [6, 6.07) is -0.0300. The lowest BCUT2D eigenvalue weighted by atomic mass is 9.82. The van der Waals surface area contributed by atoms with Crippen molar-refractivity contribution < 1.29 is 9.90 Å². The van der Waals surface area contributed by atoms with Crippen LogP contribution in [-0.4, -0.2) is 48.2 Å². The number of nitrogens with zero attached hydrogens (tertiary/aromatic N) is 1. The molecule has 0 spiro atoms. The number of aliphatic hydroxyl groups excluding tert-OH is 1. The minimum absolute atomic E-state index is 0.0300. The van der Waals surface area contributed by atoms with Gasteiger partial charge in [-0.1, -0.05) is 6.42 Å². The van der Waals surface area contributed by atoms with Crippen molar-refractivity contribution in [1.29, 1.82) is 0 Å². The second kappa shape index (κ2) is 4.49. The molecule has 1 heterocycles. The Morgan fingerprint density at radius 1 is 1.47 bits per heavy atom. The molecule has 1 aliphatic carbocycles. The van der Waals surface area contributed by atoms with E-state index in [1.165, 1.54) is 19.3 Å². The first-order valence-electron chi connectivity index (χ1n) is 5.83. The molecule has 0 radical (unpaired) electrons. The van der Waals surface area contributed by atoms with E-state index in [1.54, 1.807) is 4.90 Å². The quantitative estimate of drug-likeness (QED) is 0.690. The Bertz CT molecular complexity index is 241. The van der Waals surface area contributed by atoms with Gasteiger partial charge in [0.05, 0.1) is 12.1 Å². The van der Waals surface area contributed by atoms with Gasteiger partial charge in [-0.25, -0.2) is 0 Å². The predicted octanol–water partition coefficient (Wildman–Crippen LogP) is -0.0323. The molecule has 1 saturated heterocycles. The first-order chi connectivity index (χ1) is 7.18. The molecule has 15 heavy (non-hydrogen) atoms. The highest BCUT2D eigenvalue weighted by atomic mass is 16.3. The SMILES string of the molecule is CN(C(=O)CC1CCC1)[C@H]1CNC[C@@H]1O. The zero-order valence-electron chi connectivity index (χ0n) is 9.28. The smallest absolute Gasteiger partial charge is 0.222 e. The first kappa shape index (κ1) is 10.9. The van der Waals surface area contributed by atoms with Crippen molar-refractivity contribution in [1.82, 2.24) is 10.2 Å². The van der Waals surface area contributed by atoms with Gasteiger partial charge >= 0.3 is 0 Å². The Morgan fingerprint density at radius 2 is 2.20 bits per heavy atom. The Kier molecular flexibility index (Phi) is 3.26. The van der Waals surface area contributed by atoms with E-state index in [9.17, 15) is 9.90 Å². The number of nitrogens with one attached hydrogen (secondary N) is 1. The van der Waals surface area contributed by atoms with Gasteiger partial charge in [-0.05, 0) is 18.8 Å². The molecule has 0 aromatic carbocycles. The third kappa shape index (κ3) is 2.32. The molecular formula is C11H20N2O2. The van der Waals surface area contributed by atoms with Crippen LogP contribution in [0.1, 0.15) is 25.7 Å². The summed E-state index contributed by atoms with van der Waals surface area (Å²) in [4.78, 5) is 13.6. The van der Waals surface area contributed by atoms with Gasteiger partial charge in [0, 0.05) is 26.6 Å². The molecule has 0 unspecified atom stereocenters. The fourth-order valence-electron chi connectivity index (χ4n) is 2.32. The summed E-state index contributed by atoms with van der Waals surface area (Å²) >= 11 is 0. The molecule has 1 aliphatic heterocycles. The van der Waals surface area contributed by atoms with Gasteiger partial charge in [0.1, 0.15) is 0 Å². The molecule has 2 atom stereocenters. The van der Waals surface area contributed by atoms with Crippen LogP contribution in [0.5, 0.6) is 0 Å². The number of aliphatic hydroxyl groups is 1. The zero-order chi connectivity index (χ0) is 10.8. The fourth-order valence-corrected chi connectivity index (χ4v) is 2.32. The highest BCUT2D eigenvalue weighted by molar-refractivity contribution is 5.76. The van der Waals surface area contributed by atoms with Crippen molar-refractivity contribution >= 4 is 5.91 Å². The summed E-state index contributed by atoms with van der Waals surface area (Å²) in [5.41, 5.74) is 0. The number of carbonyl (C=O) groups excluding carboxylic acids is 1. The van der Waals surface area contributed by atoms with Gasteiger partial charge in [0.15, 0.2) is 0 Å². The summed E-state index contributed by atoms with van der Waals surface area (Å²) in [7, 11) is 1.81. The highest BCUT2D eigenvalue weighted by Crippen LogP contribution is 2.30. The number of hydrogen-bond donors (Lipinski definition) is 2. The average Bonchev–Trinajstić information content (AvgIpc) is 2.56. The molecule has 2 N–H and O–H groups in total. The molecule has 1 saturated carbocycles. The van der Waals surface area contributed by atoms with Crippen molar-refractivity contribution in [2.75, 3.05) is 20.1 Å². The summed E-state index contributed by atoms with van der Waals surface area (Å²) in [6.45, 7) is 1.32. The monoisotopic (exact) mass is 212 g/mol. The lowest BCUT2D eigenvalue weighted by Crippen LogP contribution is -2.45. The fraction of sp³-hybridized carbons (Fsp3) is 0.909. The van der Waals surface area contributed by atoms with Crippen LogP contribution in [0.2, 0.25) is 0 Å². The van der Waals surface area contributed by atoms with Crippen LogP contribution in [0.25, 0.3) is 0 Å². The second-order valence-corrected chi connectivity index (χ2v) is 4.80. The van der Waals surface area contributed by atoms with E-state index >= 15 is 0 Å². The van der Waals surface area contributed by atoms with E-state index in [4.69, 9.17) is 0 Å². The molecule has 4 nitrogen and oxygen atoms in total. The van der Waals surface area contributed by atoms with E-state index in [0.29, 0.717) is 25.4 Å². The van der Waals surface area contributed by atoms with Crippen LogP contribution in [0.15, 0.2) is 0 Å². The lowest BCUT2D eigenvalue weighted by Gasteiger charge is -2.30. The largest absolute Gasteiger partial charge is 0.390 e. The number of hydrogen-bond acceptors (Lipinski definition) is 3. The molecule has 86 valence electrons. The lowest BCUT2D eigenvalue weighted by molar-refractivity contribution is -0.134. The topological polar surface area (TPSA) is 52.6 Å². The Labute approximate surface area is 90.6 Å². The van der Waals surface area contributed by atoms with E-state index in [0.717, 1.165) is 0 Å². The van der Waals surface area contributed by atoms with E-state index in [2.05, 4.69) is 5.32 Å². The molecular weight excluding hydrogens is 192 g/mol. The summed E-state index contributed by atoms with van der Waals surface area (Å²) < 4.78 is 0. The molecule has 0 bridgehead atoms. The normalized spacial score (nSPS) is 31.3. The van der Waals surface area contributed by atoms with Gasteiger partial charge in [-0.3, -0.25) is 4.79 Å². The maximum Gasteiger partial charge on any atom is 0.222 e. The number of likely N-dealkylation sites (N-methyl/N-ethyl adjacent to an activating group) is 1. The van der Waals surface area contributed by atoms with Crippen LogP contribution in [-0.2, 0) is 4.79 Å². The Balaban J connectivity index is 1.82. The second-order valence-electron chi connectivity index (χ2n) is 4.80. The van der Waals surface area contributed by atoms with Gasteiger partial charge in [0.25, 0.3) is 0 Å². The zero-order valence-corrected chi connectivity index (χ0v) is 9.28. The molecule has 2 aliphatic rings. The molecule has 4 heteroatoms. The van der Waals surface area contributed by atoms with Crippen LogP contribution >= 0.6 is 0 Å². The van der Waals surface area contributed by atoms with Crippen LogP contribution in [0, 0.1) is 5.92 Å². The van der Waals surface area contributed by atoms with E-state index in [-0.39, 0.29) is 11.9 Å². The van der Waals surface area contributed by atoms with Crippen molar-refractivity contribution in [2.45, 2.75) is 37.8 Å². The van der Waals surface area contributed by atoms with Gasteiger partial charge < -0.3 is 15.3 Å². The molecule has 1 amide bonds. The maximum atomic E-state index is 11.9. The summed E-state index contributed by atoms with van der Waals surface area (Å²) in [6.07, 6.45) is 3.94. The van der Waals surface area contributed by atoms with Crippen LogP contribution < -0.4 is 5.32 Å². The summed E-state index contributed by atoms with van der Waals surface area (Å²) in [5, 5.41) is 12.8. The third-order valence-corrected chi connectivity index (χ3v) is 3.73. The minimum Gasteiger partial charge on any atom is -0.390 e. The van der Waals surface area contributed by atoms with Crippen molar-refractivity contribution in [3.63, 3.8) is 0 Å². The Hall–Kier alpha value is -0.610. The molecule has 2 fully saturated rings. The number of β-amino-alcohol motifs (C(OH)–C–C–N with tert-alkyl or cyclic N) is 1. The van der Waals surface area contributed by atoms with Crippen molar-refractivity contribution in [3.05, 3.63) is 0 Å². The number of carbonyl (C=O) groups is 1. The van der Waals surface area contributed by atoms with Crippen LogP contribution in [0.3, 0.4) is 0 Å². The molecule has 2 rings (SSSR count). The molecule has 0 aromatic heterocycles. The standard InChI is InChI=1S/C11H20N2O2/c1-13(9-6-12-7-10(9)14)11(15)5-8-3-2-4-8/h8-10,12,14H,2-7H2,1H3/t9-,10-/m0/s1. The molecule has 0 aromatic rings. The average molecular weight is 212 g/mol. The Morgan fingerprint density at radius 3 is 2.67 bits per heavy atom. The van der Waals surface area contributed by atoms with Gasteiger partial charge in [-0.2, -0.15) is 0 Å². The number of rotatable bonds is 3. The first-order valence-corrected chi connectivity index (χ1v) is 5.83. The van der Waals surface area contributed by atoms with Crippen molar-refractivity contribution in [3.8, 4) is 0 Å². The van der Waals surface area contributed by atoms with Gasteiger partial charge in [0.2, 0.25) is 5.91 Å². The number of amides is 1. The van der Waals surface area contributed by atoms with Gasteiger partial charge in [-0.15, -0.1) is 0 Å². The van der Waals surface area contributed by atoms with Crippen LogP contribution in [0.4, 0.5) is 0 Å². The van der Waals surface area contributed by atoms with E-state index < -0.39 is 6.10 Å².